The molecule has 0 bridgehead atoms. The maximum atomic E-state index is 12.3. The first-order valence-electron chi connectivity index (χ1n) is 9.93. The second kappa shape index (κ2) is 7.85. The van der Waals surface area contributed by atoms with Gasteiger partial charge in [-0.05, 0) is 49.3 Å². The molecule has 4 rings (SSSR count). The molecule has 29 heavy (non-hydrogen) atoms. The van der Waals surface area contributed by atoms with Crippen molar-refractivity contribution in [2.24, 2.45) is 24.6 Å². The Hall–Kier alpha value is -2.89. The maximum Gasteiger partial charge on any atom is 0.237 e. The quantitative estimate of drug-likeness (QED) is 0.722. The standard InChI is InChI=1S/C21H26N6O2/c1-27-20(16-8-14(29-2)5-3-13(16)9-22)18(11-24-27)12-4-6-15-17(7-12)19(10-23)25-26-21(15)28/h3,5,8,11-12,15,17,19,25H,4,6-7,10,23H2,1-2H3,(H,26,28). The second-order valence-corrected chi connectivity index (χ2v) is 7.85. The van der Waals surface area contributed by atoms with Crippen LogP contribution in [0.5, 0.6) is 5.75 Å². The lowest BCUT2D eigenvalue weighted by molar-refractivity contribution is -0.133. The van der Waals surface area contributed by atoms with Gasteiger partial charge < -0.3 is 10.5 Å². The Morgan fingerprint density at radius 1 is 1.41 bits per heavy atom. The van der Waals surface area contributed by atoms with Crippen LogP contribution in [0.3, 0.4) is 0 Å². The normalized spacial score (nSPS) is 26.3. The summed E-state index contributed by atoms with van der Waals surface area (Å²) in [5.41, 5.74) is 15.2. The minimum absolute atomic E-state index is 0.00680. The number of benzene rings is 1. The van der Waals surface area contributed by atoms with Crippen LogP contribution in [0.4, 0.5) is 0 Å². The topological polar surface area (TPSA) is 118 Å². The Morgan fingerprint density at radius 3 is 2.97 bits per heavy atom. The second-order valence-electron chi connectivity index (χ2n) is 7.85. The predicted octanol–water partition coefficient (Wildman–Crippen LogP) is 1.43. The van der Waals surface area contributed by atoms with Gasteiger partial charge in [-0.15, -0.1) is 0 Å². The molecule has 4 N–H and O–H groups in total. The molecule has 4 unspecified atom stereocenters. The zero-order chi connectivity index (χ0) is 20.5. The lowest BCUT2D eigenvalue weighted by Crippen LogP contribution is -2.62. The molecule has 4 atom stereocenters. The molecule has 2 aromatic rings. The van der Waals surface area contributed by atoms with E-state index in [1.165, 1.54) is 0 Å². The van der Waals surface area contributed by atoms with Crippen LogP contribution in [-0.4, -0.2) is 35.4 Å². The highest BCUT2D eigenvalue weighted by atomic mass is 16.5. The summed E-state index contributed by atoms with van der Waals surface area (Å²) < 4.78 is 7.21. The molecule has 1 aromatic heterocycles. The Bertz CT molecular complexity index is 963. The van der Waals surface area contributed by atoms with E-state index in [2.05, 4.69) is 22.0 Å². The highest BCUT2D eigenvalue weighted by Crippen LogP contribution is 2.45. The molecule has 2 fully saturated rings. The Kier molecular flexibility index (Phi) is 5.26. The number of carbonyl (C=O) groups is 1. The Morgan fingerprint density at radius 2 is 2.24 bits per heavy atom. The van der Waals surface area contributed by atoms with Crippen molar-refractivity contribution in [3.05, 3.63) is 35.5 Å². The molecular weight excluding hydrogens is 368 g/mol. The first kappa shape index (κ1) is 19.4. The fraction of sp³-hybridized carbons (Fsp3) is 0.476. The van der Waals surface area contributed by atoms with E-state index >= 15 is 0 Å². The molecule has 1 aromatic carbocycles. The number of hydrogen-bond acceptors (Lipinski definition) is 6. The SMILES string of the molecule is COc1ccc(C#N)c(-c2c(C3CCC4C(=O)NNC(CN)C4C3)cnn2C)c1. The van der Waals surface area contributed by atoms with Gasteiger partial charge in [0, 0.05) is 36.7 Å². The smallest absolute Gasteiger partial charge is 0.237 e. The zero-order valence-electron chi connectivity index (χ0n) is 16.7. The van der Waals surface area contributed by atoms with E-state index in [0.717, 1.165) is 36.1 Å². The number of hydrogen-bond donors (Lipinski definition) is 3. The molecular formula is C21H26N6O2. The number of methoxy groups -OCH3 is 1. The van der Waals surface area contributed by atoms with Crippen LogP contribution in [0.2, 0.25) is 0 Å². The molecule has 1 aliphatic carbocycles. The molecule has 1 amide bonds. The summed E-state index contributed by atoms with van der Waals surface area (Å²) >= 11 is 0. The summed E-state index contributed by atoms with van der Waals surface area (Å²) in [5.74, 6) is 1.18. The maximum absolute atomic E-state index is 12.3. The van der Waals surface area contributed by atoms with Gasteiger partial charge >= 0.3 is 0 Å². The fourth-order valence-electron chi connectivity index (χ4n) is 4.88. The summed E-state index contributed by atoms with van der Waals surface area (Å²) in [6, 6.07) is 7.81. The highest BCUT2D eigenvalue weighted by Gasteiger charge is 2.43. The largest absolute Gasteiger partial charge is 0.497 e. The van der Waals surface area contributed by atoms with E-state index in [9.17, 15) is 10.1 Å². The van der Waals surface area contributed by atoms with Crippen LogP contribution in [0, 0.1) is 23.2 Å². The van der Waals surface area contributed by atoms with Crippen LogP contribution in [-0.2, 0) is 11.8 Å². The number of hydrazine groups is 1. The molecule has 1 saturated carbocycles. The van der Waals surface area contributed by atoms with Gasteiger partial charge in [-0.3, -0.25) is 14.9 Å². The number of fused-ring (bicyclic) bond motifs is 1. The molecule has 8 nitrogen and oxygen atoms in total. The van der Waals surface area contributed by atoms with Crippen LogP contribution in [0.1, 0.15) is 36.3 Å². The monoisotopic (exact) mass is 394 g/mol. The molecule has 0 spiro atoms. The predicted molar refractivity (Wildman–Crippen MR) is 108 cm³/mol. The van der Waals surface area contributed by atoms with Gasteiger partial charge in [0.1, 0.15) is 5.75 Å². The van der Waals surface area contributed by atoms with E-state index in [0.29, 0.717) is 17.9 Å². The number of nitrogens with two attached hydrogens (primary N) is 1. The van der Waals surface area contributed by atoms with Crippen molar-refractivity contribution in [1.29, 1.82) is 5.26 Å². The average molecular weight is 394 g/mol. The third kappa shape index (κ3) is 3.37. The molecule has 8 heteroatoms. The summed E-state index contributed by atoms with van der Waals surface area (Å²) in [4.78, 5) is 12.3. The van der Waals surface area contributed by atoms with Crippen molar-refractivity contribution >= 4 is 5.91 Å². The molecule has 0 radical (unpaired) electrons. The molecule has 1 aliphatic heterocycles. The van der Waals surface area contributed by atoms with Crippen molar-refractivity contribution in [3.63, 3.8) is 0 Å². The number of nitrogens with one attached hydrogen (secondary N) is 2. The molecule has 2 heterocycles. The van der Waals surface area contributed by atoms with E-state index in [-0.39, 0.29) is 29.7 Å². The average Bonchev–Trinajstić information content (AvgIpc) is 3.14. The number of ether oxygens (including phenoxy) is 1. The van der Waals surface area contributed by atoms with Crippen molar-refractivity contribution in [2.45, 2.75) is 31.2 Å². The van der Waals surface area contributed by atoms with Crippen LogP contribution in [0.15, 0.2) is 24.4 Å². The van der Waals surface area contributed by atoms with Gasteiger partial charge in [-0.1, -0.05) is 0 Å². The third-order valence-corrected chi connectivity index (χ3v) is 6.40. The van der Waals surface area contributed by atoms with E-state index in [1.807, 2.05) is 24.0 Å². The van der Waals surface area contributed by atoms with Crippen LogP contribution in [0.25, 0.3) is 11.3 Å². The molecule has 2 aliphatic rings. The van der Waals surface area contributed by atoms with Crippen LogP contribution >= 0.6 is 0 Å². The minimum Gasteiger partial charge on any atom is -0.497 e. The first-order valence-corrected chi connectivity index (χ1v) is 9.93. The Balaban J connectivity index is 1.72. The minimum atomic E-state index is -0.00680. The highest BCUT2D eigenvalue weighted by molar-refractivity contribution is 5.79. The van der Waals surface area contributed by atoms with Crippen molar-refractivity contribution in [3.8, 4) is 23.1 Å². The number of rotatable bonds is 4. The Labute approximate surface area is 170 Å². The van der Waals surface area contributed by atoms with Gasteiger partial charge in [0.15, 0.2) is 0 Å². The summed E-state index contributed by atoms with van der Waals surface area (Å²) in [7, 11) is 3.51. The number of aryl methyl sites for hydroxylation is 1. The summed E-state index contributed by atoms with van der Waals surface area (Å²) in [6.45, 7) is 0.475. The summed E-state index contributed by atoms with van der Waals surface area (Å²) in [5, 5.41) is 14.1. The number of amides is 1. The van der Waals surface area contributed by atoms with Crippen molar-refractivity contribution in [1.82, 2.24) is 20.6 Å². The van der Waals surface area contributed by atoms with Crippen molar-refractivity contribution < 1.29 is 9.53 Å². The number of nitrogens with zero attached hydrogens (tertiary/aromatic N) is 3. The van der Waals surface area contributed by atoms with E-state index < -0.39 is 0 Å². The van der Waals surface area contributed by atoms with Crippen molar-refractivity contribution in [2.75, 3.05) is 13.7 Å². The summed E-state index contributed by atoms with van der Waals surface area (Å²) in [6.07, 6.45) is 4.47. The number of carbonyl (C=O) groups excluding carboxylic acids is 1. The van der Waals surface area contributed by atoms with E-state index in [4.69, 9.17) is 10.5 Å². The van der Waals surface area contributed by atoms with Gasteiger partial charge in [-0.25, -0.2) is 5.43 Å². The van der Waals surface area contributed by atoms with Gasteiger partial charge in [0.25, 0.3) is 0 Å². The van der Waals surface area contributed by atoms with Crippen LogP contribution < -0.4 is 21.3 Å². The zero-order valence-corrected chi connectivity index (χ0v) is 16.7. The van der Waals surface area contributed by atoms with Gasteiger partial charge in [0.2, 0.25) is 5.91 Å². The first-order chi connectivity index (χ1) is 14.1. The molecule has 1 saturated heterocycles. The van der Waals surface area contributed by atoms with Gasteiger partial charge in [0.05, 0.1) is 30.6 Å². The lowest BCUT2D eigenvalue weighted by atomic mass is 9.68. The fourth-order valence-corrected chi connectivity index (χ4v) is 4.88. The lowest BCUT2D eigenvalue weighted by Gasteiger charge is -2.43. The molecule has 152 valence electrons. The van der Waals surface area contributed by atoms with Gasteiger partial charge in [-0.2, -0.15) is 10.4 Å². The number of nitriles is 1. The third-order valence-electron chi connectivity index (χ3n) is 6.40. The number of aromatic nitrogens is 2. The van der Waals surface area contributed by atoms with E-state index in [1.54, 1.807) is 19.2 Å².